The molecular formula is C22H31N3O3. The summed E-state index contributed by atoms with van der Waals surface area (Å²) >= 11 is 0. The van der Waals surface area contributed by atoms with E-state index in [1.807, 2.05) is 19.1 Å². The SMILES string of the molecule is Cc1ccc(O)c(CNCc2cccc(OCCN(C)C3CCOCC3)c2)n1. The van der Waals surface area contributed by atoms with Crippen LogP contribution in [0.5, 0.6) is 11.5 Å². The molecule has 1 aromatic heterocycles. The molecule has 3 rings (SSSR count). The zero-order valence-corrected chi connectivity index (χ0v) is 16.9. The van der Waals surface area contributed by atoms with Gasteiger partial charge in [-0.2, -0.15) is 0 Å². The van der Waals surface area contributed by atoms with Gasteiger partial charge in [0.25, 0.3) is 0 Å². The Bertz CT molecular complexity index is 748. The van der Waals surface area contributed by atoms with Crippen molar-refractivity contribution in [3.8, 4) is 11.5 Å². The van der Waals surface area contributed by atoms with Crippen LogP contribution >= 0.6 is 0 Å². The first-order chi connectivity index (χ1) is 13.6. The molecule has 0 atom stereocenters. The molecule has 1 saturated heterocycles. The van der Waals surface area contributed by atoms with Crippen LogP contribution in [0.4, 0.5) is 0 Å². The lowest BCUT2D eigenvalue weighted by Gasteiger charge is -2.31. The van der Waals surface area contributed by atoms with Crippen molar-refractivity contribution in [3.63, 3.8) is 0 Å². The predicted molar refractivity (Wildman–Crippen MR) is 110 cm³/mol. The molecule has 0 radical (unpaired) electrons. The second-order valence-electron chi connectivity index (χ2n) is 7.34. The van der Waals surface area contributed by atoms with Gasteiger partial charge in [0.05, 0.1) is 5.69 Å². The first-order valence-corrected chi connectivity index (χ1v) is 9.98. The summed E-state index contributed by atoms with van der Waals surface area (Å²) in [5.74, 6) is 1.11. The third-order valence-electron chi connectivity index (χ3n) is 5.14. The lowest BCUT2D eigenvalue weighted by molar-refractivity contribution is 0.0392. The molecule has 2 aromatic rings. The van der Waals surface area contributed by atoms with E-state index in [4.69, 9.17) is 9.47 Å². The van der Waals surface area contributed by atoms with E-state index in [1.165, 1.54) is 0 Å². The summed E-state index contributed by atoms with van der Waals surface area (Å²) in [6, 6.07) is 12.2. The summed E-state index contributed by atoms with van der Waals surface area (Å²) in [6.07, 6.45) is 2.20. The molecule has 0 aliphatic carbocycles. The minimum atomic E-state index is 0.226. The molecule has 1 aromatic carbocycles. The minimum Gasteiger partial charge on any atom is -0.506 e. The van der Waals surface area contributed by atoms with Gasteiger partial charge in [0.2, 0.25) is 0 Å². The Hall–Kier alpha value is -2.15. The Morgan fingerprint density at radius 2 is 2.04 bits per heavy atom. The van der Waals surface area contributed by atoms with E-state index in [0.29, 0.717) is 31.4 Å². The number of aryl methyl sites for hydroxylation is 1. The number of pyridine rings is 1. The van der Waals surface area contributed by atoms with Crippen molar-refractivity contribution >= 4 is 0 Å². The van der Waals surface area contributed by atoms with E-state index in [0.717, 1.165) is 49.6 Å². The number of likely N-dealkylation sites (N-methyl/N-ethyl adjacent to an activating group) is 1. The summed E-state index contributed by atoms with van der Waals surface area (Å²) < 4.78 is 11.4. The van der Waals surface area contributed by atoms with Gasteiger partial charge in [0, 0.05) is 44.6 Å². The van der Waals surface area contributed by atoms with Gasteiger partial charge in [0.1, 0.15) is 18.1 Å². The quantitative estimate of drug-likeness (QED) is 0.692. The first-order valence-electron chi connectivity index (χ1n) is 9.98. The molecule has 1 aliphatic rings. The molecule has 0 unspecified atom stereocenters. The number of nitrogens with one attached hydrogen (secondary N) is 1. The number of rotatable bonds is 9. The maximum atomic E-state index is 9.88. The second-order valence-corrected chi connectivity index (χ2v) is 7.34. The number of ether oxygens (including phenoxy) is 2. The standard InChI is InChI=1S/C22H31N3O3/c1-17-6-7-22(26)21(24-17)16-23-15-18-4-3-5-20(14-18)28-13-10-25(2)19-8-11-27-12-9-19/h3-7,14,19,23,26H,8-13,15-16H2,1-2H3. The number of hydrogen-bond donors (Lipinski definition) is 2. The van der Waals surface area contributed by atoms with Gasteiger partial charge < -0.3 is 19.9 Å². The second kappa shape index (κ2) is 10.4. The van der Waals surface area contributed by atoms with E-state index >= 15 is 0 Å². The van der Waals surface area contributed by atoms with Gasteiger partial charge >= 0.3 is 0 Å². The molecule has 2 heterocycles. The topological polar surface area (TPSA) is 66.8 Å². The van der Waals surface area contributed by atoms with Gasteiger partial charge in [-0.3, -0.25) is 9.88 Å². The number of benzene rings is 1. The van der Waals surface area contributed by atoms with Crippen LogP contribution in [-0.2, 0) is 17.8 Å². The largest absolute Gasteiger partial charge is 0.506 e. The molecule has 6 nitrogen and oxygen atoms in total. The van der Waals surface area contributed by atoms with Gasteiger partial charge in [-0.05, 0) is 56.6 Å². The molecule has 28 heavy (non-hydrogen) atoms. The molecule has 0 amide bonds. The summed E-state index contributed by atoms with van der Waals surface area (Å²) in [6.45, 7) is 6.44. The van der Waals surface area contributed by atoms with Crippen molar-refractivity contribution < 1.29 is 14.6 Å². The highest BCUT2D eigenvalue weighted by atomic mass is 16.5. The van der Waals surface area contributed by atoms with Crippen LogP contribution in [0.2, 0.25) is 0 Å². The Morgan fingerprint density at radius 3 is 2.86 bits per heavy atom. The zero-order valence-electron chi connectivity index (χ0n) is 16.9. The summed E-state index contributed by atoms with van der Waals surface area (Å²) in [5, 5.41) is 13.2. The van der Waals surface area contributed by atoms with Crippen molar-refractivity contribution in [1.82, 2.24) is 15.2 Å². The molecular weight excluding hydrogens is 354 g/mol. The van der Waals surface area contributed by atoms with Crippen LogP contribution in [0.3, 0.4) is 0 Å². The normalized spacial score (nSPS) is 15.1. The fourth-order valence-corrected chi connectivity index (χ4v) is 3.42. The highest BCUT2D eigenvalue weighted by Gasteiger charge is 2.17. The van der Waals surface area contributed by atoms with Gasteiger partial charge in [-0.1, -0.05) is 12.1 Å². The lowest BCUT2D eigenvalue weighted by Crippen LogP contribution is -2.38. The smallest absolute Gasteiger partial charge is 0.138 e. The van der Waals surface area contributed by atoms with Crippen LogP contribution in [0.25, 0.3) is 0 Å². The van der Waals surface area contributed by atoms with Crippen molar-refractivity contribution in [2.75, 3.05) is 33.4 Å². The number of aromatic nitrogens is 1. The lowest BCUT2D eigenvalue weighted by atomic mass is 10.1. The highest BCUT2D eigenvalue weighted by molar-refractivity contribution is 5.29. The molecule has 0 spiro atoms. The van der Waals surface area contributed by atoms with E-state index in [1.54, 1.807) is 12.1 Å². The van der Waals surface area contributed by atoms with Crippen LogP contribution < -0.4 is 10.1 Å². The summed E-state index contributed by atoms with van der Waals surface area (Å²) in [5.41, 5.74) is 2.71. The van der Waals surface area contributed by atoms with E-state index < -0.39 is 0 Å². The van der Waals surface area contributed by atoms with Gasteiger partial charge in [-0.15, -0.1) is 0 Å². The average molecular weight is 386 g/mol. The fraction of sp³-hybridized carbons (Fsp3) is 0.500. The number of aromatic hydroxyl groups is 1. The summed E-state index contributed by atoms with van der Waals surface area (Å²) in [7, 11) is 2.16. The fourth-order valence-electron chi connectivity index (χ4n) is 3.42. The van der Waals surface area contributed by atoms with Crippen molar-refractivity contribution in [2.24, 2.45) is 0 Å². The Balaban J connectivity index is 1.42. The third kappa shape index (κ3) is 6.19. The van der Waals surface area contributed by atoms with Gasteiger partial charge in [-0.25, -0.2) is 0 Å². The van der Waals surface area contributed by atoms with Crippen LogP contribution in [0.1, 0.15) is 29.8 Å². The number of hydrogen-bond acceptors (Lipinski definition) is 6. The van der Waals surface area contributed by atoms with Crippen LogP contribution in [0, 0.1) is 6.92 Å². The van der Waals surface area contributed by atoms with Crippen molar-refractivity contribution in [2.45, 2.75) is 38.9 Å². The van der Waals surface area contributed by atoms with Crippen molar-refractivity contribution in [1.29, 1.82) is 0 Å². The molecule has 0 saturated carbocycles. The Labute approximate surface area is 167 Å². The first kappa shape index (κ1) is 20.6. The zero-order chi connectivity index (χ0) is 19.8. The summed E-state index contributed by atoms with van der Waals surface area (Å²) in [4.78, 5) is 6.74. The molecule has 1 aliphatic heterocycles. The van der Waals surface area contributed by atoms with Crippen molar-refractivity contribution in [3.05, 3.63) is 53.3 Å². The predicted octanol–water partition coefficient (Wildman–Crippen LogP) is 2.88. The number of nitrogens with zero attached hydrogens (tertiary/aromatic N) is 2. The van der Waals surface area contributed by atoms with E-state index in [-0.39, 0.29) is 5.75 Å². The molecule has 1 fully saturated rings. The minimum absolute atomic E-state index is 0.226. The third-order valence-corrected chi connectivity index (χ3v) is 5.14. The Kier molecular flexibility index (Phi) is 7.65. The maximum absolute atomic E-state index is 9.88. The van der Waals surface area contributed by atoms with Crippen LogP contribution in [0.15, 0.2) is 36.4 Å². The Morgan fingerprint density at radius 1 is 1.21 bits per heavy atom. The van der Waals surface area contributed by atoms with Gasteiger partial charge in [0.15, 0.2) is 0 Å². The molecule has 6 heteroatoms. The van der Waals surface area contributed by atoms with Crippen LogP contribution in [-0.4, -0.2) is 54.4 Å². The average Bonchev–Trinajstić information content (AvgIpc) is 2.71. The highest BCUT2D eigenvalue weighted by Crippen LogP contribution is 2.17. The molecule has 152 valence electrons. The van der Waals surface area contributed by atoms with E-state index in [2.05, 4.69) is 34.4 Å². The maximum Gasteiger partial charge on any atom is 0.138 e. The monoisotopic (exact) mass is 385 g/mol. The van der Waals surface area contributed by atoms with E-state index in [9.17, 15) is 5.11 Å². The molecule has 0 bridgehead atoms. The molecule has 2 N–H and O–H groups in total.